The van der Waals surface area contributed by atoms with Crippen LogP contribution in [0.4, 0.5) is 11.5 Å². The van der Waals surface area contributed by atoms with Gasteiger partial charge in [0.05, 0.1) is 15.7 Å². The molecule has 0 radical (unpaired) electrons. The SMILES string of the molecule is CC(C)CNC(=O)c1ccc(Nc2cccc(Cl)c2Cl)nn1. The molecule has 0 saturated carbocycles. The van der Waals surface area contributed by atoms with E-state index in [0.717, 1.165) is 0 Å². The Morgan fingerprint density at radius 1 is 1.18 bits per heavy atom. The zero-order valence-electron chi connectivity index (χ0n) is 12.2. The zero-order valence-corrected chi connectivity index (χ0v) is 13.7. The van der Waals surface area contributed by atoms with Gasteiger partial charge in [0.15, 0.2) is 11.5 Å². The number of hydrogen-bond acceptors (Lipinski definition) is 4. The molecule has 0 saturated heterocycles. The third-order valence-electron chi connectivity index (χ3n) is 2.78. The summed E-state index contributed by atoms with van der Waals surface area (Å²) in [5.74, 6) is 0.612. The van der Waals surface area contributed by atoms with Gasteiger partial charge in [-0.25, -0.2) is 0 Å². The average molecular weight is 339 g/mol. The van der Waals surface area contributed by atoms with Crippen LogP contribution in [0, 0.1) is 5.92 Å². The van der Waals surface area contributed by atoms with Gasteiger partial charge in [-0.1, -0.05) is 43.1 Å². The Labute approximate surface area is 139 Å². The van der Waals surface area contributed by atoms with E-state index >= 15 is 0 Å². The zero-order chi connectivity index (χ0) is 16.1. The van der Waals surface area contributed by atoms with Crippen molar-refractivity contribution in [1.82, 2.24) is 15.5 Å². The molecular formula is C15H16Cl2N4O. The number of nitrogens with zero attached hydrogens (tertiary/aromatic N) is 2. The molecule has 0 atom stereocenters. The van der Waals surface area contributed by atoms with E-state index in [4.69, 9.17) is 23.2 Å². The molecule has 116 valence electrons. The first kappa shape index (κ1) is 16.5. The summed E-state index contributed by atoms with van der Waals surface area (Å²) in [4.78, 5) is 11.8. The second-order valence-electron chi connectivity index (χ2n) is 5.13. The van der Waals surface area contributed by atoms with E-state index in [9.17, 15) is 4.79 Å². The molecule has 0 unspecified atom stereocenters. The van der Waals surface area contributed by atoms with Crippen LogP contribution >= 0.6 is 23.2 Å². The fourth-order valence-electron chi connectivity index (χ4n) is 1.65. The summed E-state index contributed by atoms with van der Waals surface area (Å²) < 4.78 is 0. The Hall–Kier alpha value is -1.85. The highest BCUT2D eigenvalue weighted by molar-refractivity contribution is 6.43. The lowest BCUT2D eigenvalue weighted by atomic mass is 10.2. The molecule has 7 heteroatoms. The van der Waals surface area contributed by atoms with E-state index in [2.05, 4.69) is 20.8 Å². The van der Waals surface area contributed by atoms with Crippen molar-refractivity contribution in [3.8, 4) is 0 Å². The van der Waals surface area contributed by atoms with Gasteiger partial charge in [-0.2, -0.15) is 0 Å². The summed E-state index contributed by atoms with van der Waals surface area (Å²) in [6.07, 6.45) is 0. The molecule has 0 spiro atoms. The quantitative estimate of drug-likeness (QED) is 0.867. The van der Waals surface area contributed by atoms with Gasteiger partial charge in [0.2, 0.25) is 0 Å². The van der Waals surface area contributed by atoms with Gasteiger partial charge in [0, 0.05) is 6.54 Å². The number of halogens is 2. The fraction of sp³-hybridized carbons (Fsp3) is 0.267. The van der Waals surface area contributed by atoms with E-state index in [0.29, 0.717) is 34.0 Å². The van der Waals surface area contributed by atoms with Crippen LogP contribution < -0.4 is 10.6 Å². The first-order valence-electron chi connectivity index (χ1n) is 6.80. The highest BCUT2D eigenvalue weighted by atomic mass is 35.5. The largest absolute Gasteiger partial charge is 0.350 e. The number of amides is 1. The molecule has 2 aromatic rings. The molecule has 2 N–H and O–H groups in total. The van der Waals surface area contributed by atoms with E-state index < -0.39 is 0 Å². The molecule has 0 aliphatic carbocycles. The van der Waals surface area contributed by atoms with Crippen LogP contribution in [0.25, 0.3) is 0 Å². The molecule has 1 heterocycles. The standard InChI is InChI=1S/C15H16Cl2N4O/c1-9(2)8-18-15(22)12-6-7-13(21-20-12)19-11-5-3-4-10(16)14(11)17/h3-7,9H,8H2,1-2H3,(H,18,22)(H,19,21). The first-order chi connectivity index (χ1) is 10.5. The van der Waals surface area contributed by atoms with E-state index in [1.54, 1.807) is 30.3 Å². The Kier molecular flexibility index (Phi) is 5.57. The summed E-state index contributed by atoms with van der Waals surface area (Å²) >= 11 is 12.0. The maximum absolute atomic E-state index is 11.8. The molecule has 1 aromatic heterocycles. The highest BCUT2D eigenvalue weighted by Crippen LogP contribution is 2.31. The summed E-state index contributed by atoms with van der Waals surface area (Å²) in [6, 6.07) is 8.51. The Morgan fingerprint density at radius 2 is 1.95 bits per heavy atom. The minimum atomic E-state index is -0.242. The summed E-state index contributed by atoms with van der Waals surface area (Å²) in [5, 5.41) is 14.5. The molecule has 22 heavy (non-hydrogen) atoms. The second-order valence-corrected chi connectivity index (χ2v) is 5.92. The van der Waals surface area contributed by atoms with Crippen molar-refractivity contribution in [3.05, 3.63) is 46.1 Å². The fourth-order valence-corrected chi connectivity index (χ4v) is 1.99. The van der Waals surface area contributed by atoms with Crippen molar-refractivity contribution in [3.63, 3.8) is 0 Å². The van der Waals surface area contributed by atoms with Crippen molar-refractivity contribution in [2.45, 2.75) is 13.8 Å². The highest BCUT2D eigenvalue weighted by Gasteiger charge is 2.09. The van der Waals surface area contributed by atoms with Crippen molar-refractivity contribution >= 4 is 40.6 Å². The molecule has 0 bridgehead atoms. The monoisotopic (exact) mass is 338 g/mol. The Bertz CT molecular complexity index is 659. The predicted molar refractivity (Wildman–Crippen MR) is 88.9 cm³/mol. The van der Waals surface area contributed by atoms with Crippen LogP contribution in [0.15, 0.2) is 30.3 Å². The molecule has 1 amide bonds. The first-order valence-corrected chi connectivity index (χ1v) is 7.56. The van der Waals surface area contributed by atoms with Crippen LogP contribution in [0.2, 0.25) is 10.0 Å². The lowest BCUT2D eigenvalue weighted by Gasteiger charge is -2.09. The molecule has 0 fully saturated rings. The predicted octanol–water partition coefficient (Wildman–Crippen LogP) is 3.91. The van der Waals surface area contributed by atoms with Gasteiger partial charge >= 0.3 is 0 Å². The van der Waals surface area contributed by atoms with E-state index in [1.807, 2.05) is 13.8 Å². The molecule has 2 rings (SSSR count). The van der Waals surface area contributed by atoms with Crippen molar-refractivity contribution in [2.24, 2.45) is 5.92 Å². The van der Waals surface area contributed by atoms with Crippen molar-refractivity contribution < 1.29 is 4.79 Å². The topological polar surface area (TPSA) is 66.9 Å². The van der Waals surface area contributed by atoms with Crippen LogP contribution in [0.5, 0.6) is 0 Å². The maximum atomic E-state index is 11.8. The van der Waals surface area contributed by atoms with Crippen LogP contribution in [-0.4, -0.2) is 22.6 Å². The number of hydrogen-bond donors (Lipinski definition) is 2. The minimum absolute atomic E-state index is 0.242. The van der Waals surface area contributed by atoms with Crippen molar-refractivity contribution in [1.29, 1.82) is 0 Å². The number of benzene rings is 1. The molecule has 0 aliphatic rings. The van der Waals surface area contributed by atoms with E-state index in [-0.39, 0.29) is 11.6 Å². The average Bonchev–Trinajstić information content (AvgIpc) is 2.50. The van der Waals surface area contributed by atoms with Crippen LogP contribution in [0.1, 0.15) is 24.3 Å². The van der Waals surface area contributed by atoms with Gasteiger partial charge in [-0.05, 0) is 30.2 Å². The molecular weight excluding hydrogens is 323 g/mol. The third kappa shape index (κ3) is 4.32. The number of carbonyl (C=O) groups excluding carboxylic acids is 1. The van der Waals surface area contributed by atoms with Gasteiger partial charge in [-0.3, -0.25) is 4.79 Å². The van der Waals surface area contributed by atoms with Crippen molar-refractivity contribution in [2.75, 3.05) is 11.9 Å². The smallest absolute Gasteiger partial charge is 0.271 e. The molecule has 5 nitrogen and oxygen atoms in total. The van der Waals surface area contributed by atoms with E-state index in [1.165, 1.54) is 0 Å². The van der Waals surface area contributed by atoms with Gasteiger partial charge in [-0.15, -0.1) is 10.2 Å². The normalized spacial score (nSPS) is 10.6. The Morgan fingerprint density at radius 3 is 2.59 bits per heavy atom. The number of rotatable bonds is 5. The Balaban J connectivity index is 2.06. The number of aromatic nitrogens is 2. The van der Waals surface area contributed by atoms with Gasteiger partial charge < -0.3 is 10.6 Å². The molecule has 0 aliphatic heterocycles. The number of nitrogens with one attached hydrogen (secondary N) is 2. The number of carbonyl (C=O) groups is 1. The summed E-state index contributed by atoms with van der Waals surface area (Å²) in [5.41, 5.74) is 0.892. The third-order valence-corrected chi connectivity index (χ3v) is 3.60. The maximum Gasteiger partial charge on any atom is 0.271 e. The lowest BCUT2D eigenvalue weighted by Crippen LogP contribution is -2.28. The lowest BCUT2D eigenvalue weighted by molar-refractivity contribution is 0.0943. The second kappa shape index (κ2) is 7.42. The van der Waals surface area contributed by atoms with Crippen LogP contribution in [0.3, 0.4) is 0 Å². The summed E-state index contributed by atoms with van der Waals surface area (Å²) in [7, 11) is 0. The molecule has 1 aromatic carbocycles. The van der Waals surface area contributed by atoms with Gasteiger partial charge in [0.25, 0.3) is 5.91 Å². The summed E-state index contributed by atoms with van der Waals surface area (Å²) in [6.45, 7) is 4.64. The van der Waals surface area contributed by atoms with Crippen LogP contribution in [-0.2, 0) is 0 Å². The number of anilines is 2. The minimum Gasteiger partial charge on any atom is -0.350 e. The van der Waals surface area contributed by atoms with Gasteiger partial charge in [0.1, 0.15) is 0 Å².